The highest BCUT2D eigenvalue weighted by molar-refractivity contribution is 6.04. The fraction of sp³-hybridized carbons (Fsp3) is 0.179. The van der Waals surface area contributed by atoms with Crippen molar-refractivity contribution in [1.29, 1.82) is 0 Å². The molecule has 0 aliphatic heterocycles. The number of methoxy groups -OCH3 is 1. The summed E-state index contributed by atoms with van der Waals surface area (Å²) in [6.45, 7) is 5.54. The number of aliphatic imine (C=N–C) groups is 1. The number of nitrogens with zero attached hydrogens (tertiary/aromatic N) is 1. The molecule has 0 unspecified atom stereocenters. The fourth-order valence-electron chi connectivity index (χ4n) is 3.36. The molecule has 1 atom stereocenters. The Morgan fingerprint density at radius 1 is 1.11 bits per heavy atom. The third-order valence-electron chi connectivity index (χ3n) is 5.36. The molecular weight excluding hydrogens is 474 g/mol. The Kier molecular flexibility index (Phi) is 9.40. The lowest BCUT2D eigenvalue weighted by Gasteiger charge is -2.17. The van der Waals surface area contributed by atoms with Crippen LogP contribution < -0.4 is 25.3 Å². The largest absolute Gasteiger partial charge is 0.493 e. The van der Waals surface area contributed by atoms with Gasteiger partial charge in [-0.05, 0) is 62.2 Å². The molecule has 0 bridgehead atoms. The highest BCUT2D eigenvalue weighted by Gasteiger charge is 2.17. The lowest BCUT2D eigenvalue weighted by Crippen LogP contribution is -2.31. The smallest absolute Gasteiger partial charge is 0.320 e. The molecule has 0 aliphatic carbocycles. The molecule has 0 saturated heterocycles. The molecular formula is C28H29N3O6. The molecule has 192 valence electrons. The quantitative estimate of drug-likeness (QED) is 0.236. The van der Waals surface area contributed by atoms with Crippen molar-refractivity contribution in [3.63, 3.8) is 0 Å². The molecule has 3 aromatic rings. The fourth-order valence-corrected chi connectivity index (χ4v) is 3.36. The van der Waals surface area contributed by atoms with Gasteiger partial charge in [-0.25, -0.2) is 0 Å². The Hall–Kier alpha value is -4.63. The molecule has 0 aliphatic rings. The van der Waals surface area contributed by atoms with E-state index in [-0.39, 0.29) is 18.9 Å². The van der Waals surface area contributed by atoms with Crippen molar-refractivity contribution in [3.05, 3.63) is 83.9 Å². The van der Waals surface area contributed by atoms with Crippen molar-refractivity contribution in [2.24, 2.45) is 10.7 Å². The van der Waals surface area contributed by atoms with Crippen LogP contribution in [0.1, 0.15) is 29.3 Å². The molecule has 1 amide bonds. The number of allylic oxidation sites excluding steroid dienone is 1. The van der Waals surface area contributed by atoms with Crippen molar-refractivity contribution in [2.45, 2.75) is 19.4 Å². The van der Waals surface area contributed by atoms with E-state index >= 15 is 0 Å². The number of amides is 1. The van der Waals surface area contributed by atoms with Crippen LogP contribution in [-0.4, -0.2) is 43.5 Å². The zero-order valence-corrected chi connectivity index (χ0v) is 20.6. The van der Waals surface area contributed by atoms with Gasteiger partial charge in [0.05, 0.1) is 19.4 Å². The summed E-state index contributed by atoms with van der Waals surface area (Å²) in [7, 11) is 1.49. The number of nitrogens with one attached hydrogen (secondary N) is 1. The maximum absolute atomic E-state index is 12.4. The van der Waals surface area contributed by atoms with Gasteiger partial charge < -0.3 is 30.4 Å². The number of benzene rings is 3. The Morgan fingerprint density at radius 2 is 1.81 bits per heavy atom. The van der Waals surface area contributed by atoms with Gasteiger partial charge in [0.2, 0.25) is 0 Å². The average Bonchev–Trinajstić information content (AvgIpc) is 2.92. The molecule has 3 rings (SSSR count). The van der Waals surface area contributed by atoms with E-state index in [0.29, 0.717) is 45.5 Å². The van der Waals surface area contributed by atoms with Crippen molar-refractivity contribution in [1.82, 2.24) is 0 Å². The summed E-state index contributed by atoms with van der Waals surface area (Å²) < 4.78 is 17.3. The molecule has 0 aromatic heterocycles. The van der Waals surface area contributed by atoms with Gasteiger partial charge in [-0.3, -0.25) is 14.6 Å². The summed E-state index contributed by atoms with van der Waals surface area (Å²) in [6, 6.07) is 18.2. The molecule has 0 spiro atoms. The van der Waals surface area contributed by atoms with Crippen LogP contribution in [0.4, 0.5) is 11.4 Å². The summed E-state index contributed by atoms with van der Waals surface area (Å²) in [5.74, 6) is 0.530. The van der Waals surface area contributed by atoms with E-state index in [1.165, 1.54) is 7.11 Å². The van der Waals surface area contributed by atoms with Crippen molar-refractivity contribution < 1.29 is 28.9 Å². The van der Waals surface area contributed by atoms with Gasteiger partial charge in [0, 0.05) is 29.3 Å². The minimum absolute atomic E-state index is 0.0832. The van der Waals surface area contributed by atoms with E-state index in [1.807, 2.05) is 13.0 Å². The minimum Gasteiger partial charge on any atom is -0.493 e. The average molecular weight is 504 g/mol. The number of carbonyl (C=O) groups excluding carboxylic acids is 1. The molecule has 0 radical (unpaired) electrons. The number of anilines is 1. The number of rotatable bonds is 12. The number of aliphatic carboxylic acids is 1. The summed E-state index contributed by atoms with van der Waals surface area (Å²) in [5.41, 5.74) is 7.83. The van der Waals surface area contributed by atoms with E-state index in [1.54, 1.807) is 66.7 Å². The van der Waals surface area contributed by atoms with Gasteiger partial charge in [0.25, 0.3) is 5.91 Å². The molecule has 0 saturated carbocycles. The molecule has 0 heterocycles. The Morgan fingerprint density at radius 3 is 2.41 bits per heavy atom. The summed E-state index contributed by atoms with van der Waals surface area (Å²) in [5, 5.41) is 11.8. The monoisotopic (exact) mass is 503 g/mol. The first-order valence-corrected chi connectivity index (χ1v) is 11.5. The van der Waals surface area contributed by atoms with E-state index in [2.05, 4.69) is 17.0 Å². The third-order valence-corrected chi connectivity index (χ3v) is 5.36. The van der Waals surface area contributed by atoms with Crippen LogP contribution >= 0.6 is 0 Å². The van der Waals surface area contributed by atoms with E-state index < -0.39 is 12.0 Å². The minimum atomic E-state index is -1.10. The molecule has 37 heavy (non-hydrogen) atoms. The Bertz CT molecular complexity index is 1270. The maximum atomic E-state index is 12.4. The molecule has 3 aromatic carbocycles. The lowest BCUT2D eigenvalue weighted by atomic mass is 10.1. The van der Waals surface area contributed by atoms with Crippen LogP contribution in [-0.2, 0) is 4.79 Å². The van der Waals surface area contributed by atoms with E-state index in [4.69, 9.17) is 25.1 Å². The van der Waals surface area contributed by atoms with E-state index in [9.17, 15) is 9.59 Å². The number of hydrogen-bond acceptors (Lipinski definition) is 7. The number of carboxylic acid groups (broad SMARTS) is 1. The zero-order chi connectivity index (χ0) is 26.8. The second-order valence-corrected chi connectivity index (χ2v) is 7.86. The first kappa shape index (κ1) is 27.0. The van der Waals surface area contributed by atoms with Gasteiger partial charge in [0.15, 0.2) is 11.5 Å². The number of hydrogen-bond donors (Lipinski definition) is 3. The van der Waals surface area contributed by atoms with Crippen LogP contribution in [0.3, 0.4) is 0 Å². The predicted molar refractivity (Wildman–Crippen MR) is 143 cm³/mol. The normalized spacial score (nSPS) is 11.8. The van der Waals surface area contributed by atoms with Crippen molar-refractivity contribution in [3.8, 4) is 17.2 Å². The second-order valence-electron chi connectivity index (χ2n) is 7.86. The molecule has 4 N–H and O–H groups in total. The second kappa shape index (κ2) is 12.9. The first-order chi connectivity index (χ1) is 17.9. The van der Waals surface area contributed by atoms with E-state index in [0.717, 1.165) is 0 Å². The summed E-state index contributed by atoms with van der Waals surface area (Å²) >= 11 is 0. The maximum Gasteiger partial charge on any atom is 0.320 e. The Balaban J connectivity index is 1.74. The van der Waals surface area contributed by atoms with Crippen molar-refractivity contribution >= 4 is 35.7 Å². The predicted octanol–water partition coefficient (Wildman–Crippen LogP) is 4.90. The van der Waals surface area contributed by atoms with Crippen LogP contribution in [0, 0.1) is 0 Å². The van der Waals surface area contributed by atoms with Gasteiger partial charge >= 0.3 is 5.97 Å². The SMILES string of the molecule is C=Nc1cc(OCC[C@H](N)C(=O)O)c(OC)cc1/C(=C\C)Oc1ccc(NC(=O)c2ccccc2)cc1. The lowest BCUT2D eigenvalue weighted by molar-refractivity contribution is -0.138. The van der Waals surface area contributed by atoms with Crippen molar-refractivity contribution in [2.75, 3.05) is 19.0 Å². The summed E-state index contributed by atoms with van der Waals surface area (Å²) in [4.78, 5) is 27.4. The number of carboxylic acids is 1. The van der Waals surface area contributed by atoms with Gasteiger partial charge in [-0.2, -0.15) is 0 Å². The number of carbonyl (C=O) groups is 2. The van der Waals surface area contributed by atoms with Crippen LogP contribution in [0.5, 0.6) is 17.2 Å². The van der Waals surface area contributed by atoms with Crippen LogP contribution in [0.15, 0.2) is 77.8 Å². The highest BCUT2D eigenvalue weighted by atomic mass is 16.5. The van der Waals surface area contributed by atoms with Gasteiger partial charge in [0.1, 0.15) is 17.6 Å². The number of ether oxygens (including phenoxy) is 3. The van der Waals surface area contributed by atoms with Gasteiger partial charge in [-0.1, -0.05) is 18.2 Å². The number of nitrogens with two attached hydrogens (primary N) is 1. The molecule has 9 nitrogen and oxygen atoms in total. The third kappa shape index (κ3) is 7.18. The zero-order valence-electron chi connectivity index (χ0n) is 20.6. The standard InChI is InChI=1S/C28H29N3O6/c1-4-24(37-20-12-10-19(11-13-20)31-27(32)18-8-6-5-7-9-18)21-16-25(35-3)26(17-23(21)30-2)36-15-14-22(29)28(33)34/h4-13,16-17,22H,2,14-15,29H2,1,3H3,(H,31,32)(H,33,34)/b24-4+/t22-/m0/s1. The molecule has 0 fully saturated rings. The van der Waals surface area contributed by atoms with Crippen LogP contribution in [0.2, 0.25) is 0 Å². The first-order valence-electron chi connectivity index (χ1n) is 11.5. The topological polar surface area (TPSA) is 132 Å². The van der Waals surface area contributed by atoms with Crippen LogP contribution in [0.25, 0.3) is 5.76 Å². The van der Waals surface area contributed by atoms with Gasteiger partial charge in [-0.15, -0.1) is 0 Å². The summed E-state index contributed by atoms with van der Waals surface area (Å²) in [6.07, 6.45) is 1.91. The Labute approximate surface area is 215 Å². The molecule has 9 heteroatoms. The highest BCUT2D eigenvalue weighted by Crippen LogP contribution is 2.39.